The van der Waals surface area contributed by atoms with E-state index in [2.05, 4.69) is 10.3 Å². The molecule has 4 heterocycles. The number of hydrogen-bond donors (Lipinski definition) is 1. The number of amides is 2. The number of hydrogen-bond acceptors (Lipinski definition) is 7. The van der Waals surface area contributed by atoms with Crippen molar-refractivity contribution in [2.75, 3.05) is 40.0 Å². The Morgan fingerprint density at radius 3 is 2.84 bits per heavy atom. The molecule has 0 unspecified atom stereocenters. The summed E-state index contributed by atoms with van der Waals surface area (Å²) in [5, 5.41) is 3.57. The average molecular weight is 439 g/mol. The molecule has 0 saturated carbocycles. The number of rotatable bonds is 3. The Morgan fingerprint density at radius 2 is 2.00 bits per heavy atom. The molecule has 0 radical (unpaired) electrons. The van der Waals surface area contributed by atoms with Crippen LogP contribution in [0.1, 0.15) is 31.7 Å². The lowest BCUT2D eigenvalue weighted by molar-refractivity contribution is -0.0222. The zero-order chi connectivity index (χ0) is 21.4. The maximum absolute atomic E-state index is 13.2. The molecule has 1 saturated heterocycles. The fourth-order valence-electron chi connectivity index (χ4n) is 3.92. The van der Waals surface area contributed by atoms with Gasteiger partial charge in [0.1, 0.15) is 29.0 Å². The first-order valence-electron chi connectivity index (χ1n) is 10.1. The van der Waals surface area contributed by atoms with Crippen LogP contribution in [0.3, 0.4) is 0 Å². The molecular weight excluding hydrogens is 418 g/mol. The molecule has 1 aromatic carbocycles. The summed E-state index contributed by atoms with van der Waals surface area (Å²) in [6.45, 7) is 2.16. The van der Waals surface area contributed by atoms with E-state index in [9.17, 15) is 9.59 Å². The third-order valence-corrected chi connectivity index (χ3v) is 6.53. The van der Waals surface area contributed by atoms with Crippen molar-refractivity contribution < 1.29 is 23.8 Å². The minimum atomic E-state index is -0.417. The summed E-state index contributed by atoms with van der Waals surface area (Å²) < 4.78 is 17.2. The Hall–Kier alpha value is -3.17. The van der Waals surface area contributed by atoms with E-state index in [1.54, 1.807) is 36.3 Å². The van der Waals surface area contributed by atoms with Crippen LogP contribution in [-0.4, -0.2) is 61.7 Å². The minimum absolute atomic E-state index is 0.107. The van der Waals surface area contributed by atoms with Crippen LogP contribution >= 0.6 is 11.3 Å². The zero-order valence-corrected chi connectivity index (χ0v) is 17.7. The van der Waals surface area contributed by atoms with E-state index in [1.165, 1.54) is 11.3 Å². The van der Waals surface area contributed by atoms with Gasteiger partial charge in [0.25, 0.3) is 11.8 Å². The topological polar surface area (TPSA) is 90.0 Å². The number of nitrogens with one attached hydrogen (secondary N) is 1. The Labute approximate surface area is 182 Å². The summed E-state index contributed by atoms with van der Waals surface area (Å²) in [5.41, 5.74) is 1.32. The standard InChI is InChI=1S/C22H21N3O5S/c1-23-20(26)19-18(14-3-2-6-24-21(14)31-19)17-12-25(7-8-28-17)22(27)13-4-5-15-16(11-13)30-10-9-29-15/h2-6,11,17H,7-10,12H2,1H3,(H,23,26)/t17-/m1/s1. The summed E-state index contributed by atoms with van der Waals surface area (Å²) in [5.74, 6) is 0.940. The Morgan fingerprint density at radius 1 is 1.16 bits per heavy atom. The third kappa shape index (κ3) is 3.60. The van der Waals surface area contributed by atoms with E-state index in [4.69, 9.17) is 14.2 Å². The van der Waals surface area contributed by atoms with Gasteiger partial charge in [0.15, 0.2) is 11.5 Å². The second kappa shape index (κ2) is 8.16. The van der Waals surface area contributed by atoms with Crippen molar-refractivity contribution in [2.24, 2.45) is 0 Å². The third-order valence-electron chi connectivity index (χ3n) is 5.40. The lowest BCUT2D eigenvalue weighted by atomic mass is 10.0. The van der Waals surface area contributed by atoms with Gasteiger partial charge in [0.05, 0.1) is 13.2 Å². The van der Waals surface area contributed by atoms with Crippen molar-refractivity contribution in [2.45, 2.75) is 6.10 Å². The largest absolute Gasteiger partial charge is 0.486 e. The highest BCUT2D eigenvalue weighted by Crippen LogP contribution is 2.38. The molecule has 2 aliphatic heterocycles. The van der Waals surface area contributed by atoms with Gasteiger partial charge >= 0.3 is 0 Å². The molecule has 2 amide bonds. The Bertz CT molecular complexity index is 1160. The molecule has 9 heteroatoms. The average Bonchev–Trinajstić information content (AvgIpc) is 3.22. The molecule has 8 nitrogen and oxygen atoms in total. The fourth-order valence-corrected chi connectivity index (χ4v) is 5.06. The van der Waals surface area contributed by atoms with Gasteiger partial charge in [0.2, 0.25) is 0 Å². The number of benzene rings is 1. The maximum atomic E-state index is 13.2. The summed E-state index contributed by atoms with van der Waals surface area (Å²) in [6, 6.07) is 9.02. The molecule has 1 N–H and O–H groups in total. The molecule has 31 heavy (non-hydrogen) atoms. The SMILES string of the molecule is CNC(=O)c1sc2ncccc2c1[C@H]1CN(C(=O)c2ccc3c(c2)OCCO3)CCO1. The van der Waals surface area contributed by atoms with Crippen molar-refractivity contribution in [1.29, 1.82) is 0 Å². The molecule has 2 aliphatic rings. The molecule has 3 aromatic rings. The summed E-state index contributed by atoms with van der Waals surface area (Å²) in [6.07, 6.45) is 1.29. The smallest absolute Gasteiger partial charge is 0.261 e. The highest BCUT2D eigenvalue weighted by Gasteiger charge is 2.32. The number of ether oxygens (including phenoxy) is 3. The number of fused-ring (bicyclic) bond motifs is 2. The molecule has 1 fully saturated rings. The normalized spacial score (nSPS) is 18.1. The van der Waals surface area contributed by atoms with Gasteiger partial charge < -0.3 is 24.4 Å². The van der Waals surface area contributed by atoms with Gasteiger partial charge in [0, 0.05) is 36.3 Å². The van der Waals surface area contributed by atoms with Crippen LogP contribution < -0.4 is 14.8 Å². The van der Waals surface area contributed by atoms with Crippen LogP contribution in [0.2, 0.25) is 0 Å². The van der Waals surface area contributed by atoms with Crippen LogP contribution in [0.5, 0.6) is 11.5 Å². The van der Waals surface area contributed by atoms with E-state index in [1.807, 2.05) is 12.1 Å². The highest BCUT2D eigenvalue weighted by molar-refractivity contribution is 7.20. The molecule has 1 atom stereocenters. The highest BCUT2D eigenvalue weighted by atomic mass is 32.1. The van der Waals surface area contributed by atoms with Crippen molar-refractivity contribution in [3.63, 3.8) is 0 Å². The van der Waals surface area contributed by atoms with Gasteiger partial charge in [-0.2, -0.15) is 0 Å². The van der Waals surface area contributed by atoms with Crippen LogP contribution in [0.25, 0.3) is 10.2 Å². The number of thiophene rings is 1. The maximum Gasteiger partial charge on any atom is 0.261 e. The molecule has 5 rings (SSSR count). The lowest BCUT2D eigenvalue weighted by Gasteiger charge is -2.33. The molecule has 0 bridgehead atoms. The molecule has 0 aliphatic carbocycles. The van der Waals surface area contributed by atoms with E-state index < -0.39 is 6.10 Å². The predicted octanol–water partition coefficient (Wildman–Crippen LogP) is 2.64. The second-order valence-corrected chi connectivity index (χ2v) is 8.25. The van der Waals surface area contributed by atoms with E-state index in [-0.39, 0.29) is 11.8 Å². The molecule has 0 spiro atoms. The molecular formula is C22H21N3O5S. The van der Waals surface area contributed by atoms with E-state index in [0.717, 1.165) is 15.8 Å². The summed E-state index contributed by atoms with van der Waals surface area (Å²) >= 11 is 1.33. The van der Waals surface area contributed by atoms with Gasteiger partial charge in [-0.15, -0.1) is 11.3 Å². The van der Waals surface area contributed by atoms with Crippen LogP contribution in [0.15, 0.2) is 36.5 Å². The van der Waals surface area contributed by atoms with Crippen molar-refractivity contribution in [1.82, 2.24) is 15.2 Å². The first-order valence-corrected chi connectivity index (χ1v) is 10.9. The number of carbonyl (C=O) groups excluding carboxylic acids is 2. The van der Waals surface area contributed by atoms with Crippen LogP contribution in [0.4, 0.5) is 0 Å². The van der Waals surface area contributed by atoms with Crippen molar-refractivity contribution in [3.8, 4) is 11.5 Å². The predicted molar refractivity (Wildman–Crippen MR) is 115 cm³/mol. The van der Waals surface area contributed by atoms with Gasteiger partial charge in [-0.05, 0) is 24.3 Å². The quantitative estimate of drug-likeness (QED) is 0.675. The fraction of sp³-hybridized carbons (Fsp3) is 0.318. The summed E-state index contributed by atoms with van der Waals surface area (Å²) in [4.78, 5) is 33.2. The monoisotopic (exact) mass is 439 g/mol. The Kier molecular flexibility index (Phi) is 5.21. The number of pyridine rings is 1. The van der Waals surface area contributed by atoms with Crippen LogP contribution in [0, 0.1) is 0 Å². The number of aromatic nitrogens is 1. The Balaban J connectivity index is 1.45. The van der Waals surface area contributed by atoms with Gasteiger partial charge in [-0.25, -0.2) is 4.98 Å². The zero-order valence-electron chi connectivity index (χ0n) is 16.9. The van der Waals surface area contributed by atoms with E-state index in [0.29, 0.717) is 54.8 Å². The van der Waals surface area contributed by atoms with Crippen LogP contribution in [-0.2, 0) is 4.74 Å². The molecule has 2 aromatic heterocycles. The first kappa shape index (κ1) is 19.8. The second-order valence-electron chi connectivity index (χ2n) is 7.25. The molecule has 160 valence electrons. The lowest BCUT2D eigenvalue weighted by Crippen LogP contribution is -2.42. The van der Waals surface area contributed by atoms with E-state index >= 15 is 0 Å². The first-order chi connectivity index (χ1) is 15.2. The van der Waals surface area contributed by atoms with Gasteiger partial charge in [-0.3, -0.25) is 9.59 Å². The minimum Gasteiger partial charge on any atom is -0.486 e. The number of carbonyl (C=O) groups is 2. The van der Waals surface area contributed by atoms with Gasteiger partial charge in [-0.1, -0.05) is 6.07 Å². The van der Waals surface area contributed by atoms with Crippen molar-refractivity contribution >= 4 is 33.4 Å². The number of morpholine rings is 1. The summed E-state index contributed by atoms with van der Waals surface area (Å²) in [7, 11) is 1.60. The van der Waals surface area contributed by atoms with Crippen molar-refractivity contribution in [3.05, 3.63) is 52.5 Å². The number of nitrogens with zero attached hydrogens (tertiary/aromatic N) is 2.